The van der Waals surface area contributed by atoms with Gasteiger partial charge in [-0.05, 0) is 76.9 Å². The topological polar surface area (TPSA) is 140 Å². The van der Waals surface area contributed by atoms with E-state index in [0.717, 1.165) is 10.4 Å². The summed E-state index contributed by atoms with van der Waals surface area (Å²) in [6.07, 6.45) is -0.401. The van der Waals surface area contributed by atoms with Gasteiger partial charge in [0, 0.05) is 0 Å². The van der Waals surface area contributed by atoms with Gasteiger partial charge < -0.3 is 28.7 Å². The SMILES string of the molecule is Cc1oc(/C(=C/[C@H](C)O[Si](c2ccccc2)(c2ccccc2)C(C)(C)C)NC(=O)[C@@H]2[C@@H](C)OC(C)(C)N2C(=O)OC(C)(C)C)nc1C(=O)O. The number of rotatable bonds is 9. The smallest absolute Gasteiger partial charge is 0.413 e. The fourth-order valence-electron chi connectivity index (χ4n) is 6.42. The van der Waals surface area contributed by atoms with Crippen molar-refractivity contribution in [2.24, 2.45) is 0 Å². The summed E-state index contributed by atoms with van der Waals surface area (Å²) in [7, 11) is -3.04. The summed E-state index contributed by atoms with van der Waals surface area (Å²) in [5.41, 5.74) is -2.18. The summed E-state index contributed by atoms with van der Waals surface area (Å²) in [6, 6.07) is 19.1. The van der Waals surface area contributed by atoms with E-state index in [4.69, 9.17) is 18.3 Å². The Bertz CT molecular complexity index is 1650. The Kier molecular flexibility index (Phi) is 10.7. The van der Waals surface area contributed by atoms with Crippen LogP contribution in [-0.4, -0.2) is 70.9 Å². The van der Waals surface area contributed by atoms with Crippen LogP contribution in [0.5, 0.6) is 0 Å². The molecule has 1 aliphatic rings. The minimum absolute atomic E-state index is 0.0669. The van der Waals surface area contributed by atoms with Gasteiger partial charge in [-0.3, -0.25) is 9.69 Å². The number of hydrogen-bond donors (Lipinski definition) is 2. The summed E-state index contributed by atoms with van der Waals surface area (Å²) < 4.78 is 24.7. The molecule has 3 aromatic rings. The molecule has 2 aromatic carbocycles. The molecule has 4 rings (SSSR count). The second-order valence-corrected chi connectivity index (χ2v) is 19.1. The van der Waals surface area contributed by atoms with Crippen molar-refractivity contribution in [1.29, 1.82) is 0 Å². The lowest BCUT2D eigenvalue weighted by atomic mass is 10.1. The molecule has 0 spiro atoms. The van der Waals surface area contributed by atoms with Crippen molar-refractivity contribution >= 4 is 42.4 Å². The van der Waals surface area contributed by atoms with Crippen LogP contribution in [0.25, 0.3) is 5.70 Å². The lowest BCUT2D eigenvalue weighted by molar-refractivity contribution is -0.125. The van der Waals surface area contributed by atoms with Crippen molar-refractivity contribution in [1.82, 2.24) is 15.2 Å². The number of aromatic nitrogens is 1. The molecule has 3 atom stereocenters. The molecule has 2 N–H and O–H groups in total. The first-order valence-electron chi connectivity index (χ1n) is 16.4. The van der Waals surface area contributed by atoms with E-state index in [2.05, 4.69) is 55.3 Å². The lowest BCUT2D eigenvalue weighted by Crippen LogP contribution is -2.67. The van der Waals surface area contributed by atoms with Crippen LogP contribution in [0.4, 0.5) is 4.79 Å². The molecule has 12 heteroatoms. The van der Waals surface area contributed by atoms with E-state index in [0.29, 0.717) is 0 Å². The Morgan fingerprint density at radius 3 is 1.98 bits per heavy atom. The second-order valence-electron chi connectivity index (χ2n) is 14.8. The van der Waals surface area contributed by atoms with E-state index in [1.54, 1.807) is 47.6 Å². The van der Waals surface area contributed by atoms with Crippen LogP contribution >= 0.6 is 0 Å². The molecule has 0 saturated carbocycles. The highest BCUT2D eigenvalue weighted by Gasteiger charge is 2.53. The highest BCUT2D eigenvalue weighted by molar-refractivity contribution is 6.99. The summed E-state index contributed by atoms with van der Waals surface area (Å²) in [4.78, 5) is 45.1. The van der Waals surface area contributed by atoms with E-state index in [-0.39, 0.29) is 28.1 Å². The normalized spacial score (nSPS) is 19.0. The molecule has 11 nitrogen and oxygen atoms in total. The summed E-state index contributed by atoms with van der Waals surface area (Å²) in [5, 5.41) is 14.4. The van der Waals surface area contributed by atoms with Crippen molar-refractivity contribution in [3.8, 4) is 0 Å². The molecule has 0 unspecified atom stereocenters. The largest absolute Gasteiger partial charge is 0.476 e. The van der Waals surface area contributed by atoms with Gasteiger partial charge in [-0.15, -0.1) is 0 Å². The minimum Gasteiger partial charge on any atom is -0.476 e. The number of oxazole rings is 1. The molecule has 2 heterocycles. The number of hydrogen-bond acceptors (Lipinski definition) is 8. The summed E-state index contributed by atoms with van der Waals surface area (Å²) in [6.45, 7) is 20.1. The number of benzene rings is 2. The zero-order valence-corrected chi connectivity index (χ0v) is 31.3. The van der Waals surface area contributed by atoms with Gasteiger partial charge in [0.15, 0.2) is 5.69 Å². The van der Waals surface area contributed by atoms with Gasteiger partial charge in [0.1, 0.15) is 28.8 Å². The van der Waals surface area contributed by atoms with Gasteiger partial charge in [-0.1, -0.05) is 81.4 Å². The second kappa shape index (κ2) is 13.9. The molecule has 49 heavy (non-hydrogen) atoms. The van der Waals surface area contributed by atoms with Crippen molar-refractivity contribution in [3.63, 3.8) is 0 Å². The molecule has 1 aliphatic heterocycles. The van der Waals surface area contributed by atoms with Gasteiger partial charge in [0.2, 0.25) is 11.8 Å². The van der Waals surface area contributed by atoms with E-state index < -0.39 is 55.9 Å². The Morgan fingerprint density at radius 1 is 1.00 bits per heavy atom. The van der Waals surface area contributed by atoms with E-state index in [9.17, 15) is 19.5 Å². The van der Waals surface area contributed by atoms with Gasteiger partial charge in [0.05, 0.1) is 12.2 Å². The first kappa shape index (κ1) is 37.6. The van der Waals surface area contributed by atoms with E-state index >= 15 is 0 Å². The number of aryl methyl sites for hydroxylation is 1. The average Bonchev–Trinajstić information content (AvgIpc) is 3.50. The quantitative estimate of drug-likeness (QED) is 0.264. The summed E-state index contributed by atoms with van der Waals surface area (Å²) in [5.74, 6) is -1.92. The fraction of sp³-hybridized carbons (Fsp3) is 0.459. The Hall–Kier alpha value is -4.26. The van der Waals surface area contributed by atoms with Gasteiger partial charge in [-0.25, -0.2) is 14.6 Å². The third-order valence-corrected chi connectivity index (χ3v) is 13.4. The molecule has 0 aliphatic carbocycles. The van der Waals surface area contributed by atoms with E-state index in [1.807, 2.05) is 43.3 Å². The van der Waals surface area contributed by atoms with Crippen LogP contribution < -0.4 is 15.7 Å². The third-order valence-electron chi connectivity index (χ3n) is 8.30. The lowest BCUT2D eigenvalue weighted by Gasteiger charge is -2.44. The van der Waals surface area contributed by atoms with Gasteiger partial charge in [0.25, 0.3) is 8.32 Å². The zero-order valence-electron chi connectivity index (χ0n) is 30.3. The first-order chi connectivity index (χ1) is 22.7. The third kappa shape index (κ3) is 7.98. The van der Waals surface area contributed by atoms with Crippen LogP contribution in [0.15, 0.2) is 71.2 Å². The number of carboxylic acid groups (broad SMARTS) is 1. The van der Waals surface area contributed by atoms with Gasteiger partial charge >= 0.3 is 12.1 Å². The number of ether oxygens (including phenoxy) is 2. The number of amides is 2. The number of aromatic carboxylic acids is 1. The molecule has 1 aromatic heterocycles. The Labute approximate surface area is 289 Å². The summed E-state index contributed by atoms with van der Waals surface area (Å²) >= 11 is 0. The van der Waals surface area contributed by atoms with Crippen LogP contribution in [0, 0.1) is 6.92 Å². The zero-order chi connectivity index (χ0) is 36.5. The van der Waals surface area contributed by atoms with Crippen molar-refractivity contribution in [2.45, 2.75) is 111 Å². The maximum atomic E-state index is 14.2. The average molecular weight is 692 g/mol. The first-order valence-corrected chi connectivity index (χ1v) is 18.3. The van der Waals surface area contributed by atoms with Crippen LogP contribution in [0.3, 0.4) is 0 Å². The molecule has 0 radical (unpaired) electrons. The maximum Gasteiger partial charge on any atom is 0.413 e. The molecule has 1 saturated heterocycles. The number of carboxylic acids is 1. The Balaban J connectivity index is 1.82. The predicted octanol–water partition coefficient (Wildman–Crippen LogP) is 5.86. The molecule has 0 bridgehead atoms. The molecule has 2 amide bonds. The van der Waals surface area contributed by atoms with Crippen molar-refractivity contribution < 1.29 is 37.8 Å². The van der Waals surface area contributed by atoms with Crippen LogP contribution in [0.2, 0.25) is 5.04 Å². The van der Waals surface area contributed by atoms with Crippen molar-refractivity contribution in [2.75, 3.05) is 0 Å². The number of nitrogens with zero attached hydrogens (tertiary/aromatic N) is 2. The number of nitrogens with one attached hydrogen (secondary N) is 1. The van der Waals surface area contributed by atoms with E-state index in [1.165, 1.54) is 11.8 Å². The highest BCUT2D eigenvalue weighted by Crippen LogP contribution is 2.38. The predicted molar refractivity (Wildman–Crippen MR) is 189 cm³/mol. The highest BCUT2D eigenvalue weighted by atomic mass is 28.4. The minimum atomic E-state index is -3.04. The van der Waals surface area contributed by atoms with Crippen LogP contribution in [0.1, 0.15) is 91.4 Å². The maximum absolute atomic E-state index is 14.2. The molecule has 1 fully saturated rings. The molecule has 264 valence electrons. The van der Waals surface area contributed by atoms with Crippen LogP contribution in [-0.2, 0) is 18.7 Å². The monoisotopic (exact) mass is 691 g/mol. The fourth-order valence-corrected chi connectivity index (χ4v) is 11.1. The number of carbonyl (C=O) groups excluding carboxylic acids is 2. The molecular formula is C37H49N3O8Si. The Morgan fingerprint density at radius 2 is 1.53 bits per heavy atom. The number of carbonyl (C=O) groups is 3. The standard InChI is InChI=1S/C37H49N3O8Si/c1-23(48-49(36(7,8)9,26-18-14-12-15-19-26)27-20-16-13-17-21-27)22-28(32-39-29(33(42)43)24(2)45-32)38-31(41)30-25(3)46-37(10,11)40(30)34(44)47-35(4,5)6/h12-23,25,30H,1-11H3,(H,38,41)(H,42,43)/b28-22-/t23-,25+,30-/m0/s1. The van der Waals surface area contributed by atoms with Gasteiger partial charge in [-0.2, -0.15) is 0 Å². The molecular weight excluding hydrogens is 643 g/mol. The van der Waals surface area contributed by atoms with Crippen molar-refractivity contribution in [3.05, 3.63) is 84.1 Å².